The van der Waals surface area contributed by atoms with Crippen LogP contribution in [0.5, 0.6) is 0 Å². The van der Waals surface area contributed by atoms with Crippen molar-refractivity contribution in [2.24, 2.45) is 5.92 Å². The Hall–Kier alpha value is 0.210. The summed E-state index contributed by atoms with van der Waals surface area (Å²) in [5.74, 6) is 1.08. The molecule has 0 bridgehead atoms. The fourth-order valence-electron chi connectivity index (χ4n) is 1.37. The van der Waals surface area contributed by atoms with Crippen LogP contribution in [-0.2, 0) is 4.74 Å². The van der Waals surface area contributed by atoms with Crippen LogP contribution in [-0.4, -0.2) is 30.3 Å². The van der Waals surface area contributed by atoms with Crippen LogP contribution in [0.4, 0.5) is 0 Å². The van der Waals surface area contributed by atoms with E-state index in [1.165, 1.54) is 25.7 Å². The molecule has 0 aromatic carbocycles. The van der Waals surface area contributed by atoms with E-state index < -0.39 is 6.10 Å². The molecule has 92 valence electrons. The summed E-state index contributed by atoms with van der Waals surface area (Å²) in [7, 11) is 0. The molecule has 0 saturated heterocycles. The number of aliphatic hydroxyl groups excluding tert-OH is 1. The first-order valence-electron chi connectivity index (χ1n) is 5.98. The number of alkyl halides is 1. The van der Waals surface area contributed by atoms with Crippen LogP contribution in [0.3, 0.4) is 0 Å². The smallest absolute Gasteiger partial charge is 0.0908 e. The van der Waals surface area contributed by atoms with Gasteiger partial charge in [0, 0.05) is 6.61 Å². The second-order valence-electron chi connectivity index (χ2n) is 4.48. The molecular weight excluding hydrogens is 212 g/mol. The average Bonchev–Trinajstić information content (AvgIpc) is 2.21. The summed E-state index contributed by atoms with van der Waals surface area (Å²) in [6, 6.07) is 0. The van der Waals surface area contributed by atoms with Gasteiger partial charge in [0.25, 0.3) is 0 Å². The van der Waals surface area contributed by atoms with Crippen molar-refractivity contribution in [1.29, 1.82) is 0 Å². The molecule has 0 aromatic rings. The predicted octanol–water partition coefficient (Wildman–Crippen LogP) is 3.21. The lowest BCUT2D eigenvalue weighted by Crippen LogP contribution is -2.17. The maximum atomic E-state index is 9.10. The highest BCUT2D eigenvalue weighted by Crippen LogP contribution is 2.09. The summed E-state index contributed by atoms with van der Waals surface area (Å²) >= 11 is 5.43. The molecule has 0 aromatic heterocycles. The molecule has 0 amide bonds. The molecule has 0 fully saturated rings. The van der Waals surface area contributed by atoms with Gasteiger partial charge in [-0.05, 0) is 12.3 Å². The van der Waals surface area contributed by atoms with Gasteiger partial charge in [-0.25, -0.2) is 0 Å². The molecule has 0 rings (SSSR count). The Labute approximate surface area is 99.0 Å². The number of ether oxygens (including phenoxy) is 1. The van der Waals surface area contributed by atoms with Gasteiger partial charge in [0.1, 0.15) is 0 Å². The number of unbranched alkanes of at least 4 members (excludes halogenated alkanes) is 3. The minimum absolute atomic E-state index is 0.258. The Bertz CT molecular complexity index is 129. The van der Waals surface area contributed by atoms with Gasteiger partial charge >= 0.3 is 0 Å². The zero-order valence-electron chi connectivity index (χ0n) is 10.0. The largest absolute Gasteiger partial charge is 0.389 e. The summed E-state index contributed by atoms with van der Waals surface area (Å²) in [6.45, 7) is 5.64. The lowest BCUT2D eigenvalue weighted by molar-refractivity contribution is 0.0461. The summed E-state index contributed by atoms with van der Waals surface area (Å²) < 4.78 is 5.28. The highest BCUT2D eigenvalue weighted by molar-refractivity contribution is 6.18. The van der Waals surface area contributed by atoms with Crippen molar-refractivity contribution in [3.63, 3.8) is 0 Å². The van der Waals surface area contributed by atoms with Gasteiger partial charge in [-0.1, -0.05) is 39.5 Å². The fourth-order valence-corrected chi connectivity index (χ4v) is 1.46. The third-order valence-electron chi connectivity index (χ3n) is 2.31. The SMILES string of the molecule is CC(C)CCCCCCOCC(O)CCl. The second-order valence-corrected chi connectivity index (χ2v) is 4.79. The molecule has 0 aliphatic rings. The van der Waals surface area contributed by atoms with E-state index in [0.717, 1.165) is 18.9 Å². The zero-order valence-corrected chi connectivity index (χ0v) is 10.8. The standard InChI is InChI=1S/C12H25ClO2/c1-11(2)7-5-3-4-6-8-15-10-12(14)9-13/h11-12,14H,3-10H2,1-2H3. The molecule has 0 heterocycles. The molecule has 1 unspecified atom stereocenters. The van der Waals surface area contributed by atoms with E-state index in [2.05, 4.69) is 13.8 Å². The van der Waals surface area contributed by atoms with Crippen molar-refractivity contribution in [2.45, 2.75) is 52.1 Å². The highest BCUT2D eigenvalue weighted by atomic mass is 35.5. The maximum Gasteiger partial charge on any atom is 0.0908 e. The quantitative estimate of drug-likeness (QED) is 0.466. The fraction of sp³-hybridized carbons (Fsp3) is 1.00. The summed E-state index contributed by atoms with van der Waals surface area (Å²) in [4.78, 5) is 0. The zero-order chi connectivity index (χ0) is 11.5. The Balaban J connectivity index is 2.99. The normalized spacial score (nSPS) is 13.4. The van der Waals surface area contributed by atoms with Crippen LogP contribution < -0.4 is 0 Å². The monoisotopic (exact) mass is 236 g/mol. The van der Waals surface area contributed by atoms with Gasteiger partial charge in [-0.15, -0.1) is 11.6 Å². The molecule has 0 radical (unpaired) electrons. The average molecular weight is 237 g/mol. The van der Waals surface area contributed by atoms with E-state index in [4.69, 9.17) is 21.4 Å². The van der Waals surface area contributed by atoms with Crippen LogP contribution in [0.1, 0.15) is 46.0 Å². The number of rotatable bonds is 10. The molecule has 0 aliphatic carbocycles. The van der Waals surface area contributed by atoms with Crippen molar-refractivity contribution < 1.29 is 9.84 Å². The van der Waals surface area contributed by atoms with Gasteiger partial charge in [0.05, 0.1) is 18.6 Å². The highest BCUT2D eigenvalue weighted by Gasteiger charge is 2.00. The Morgan fingerprint density at radius 3 is 2.40 bits per heavy atom. The third-order valence-corrected chi connectivity index (χ3v) is 2.66. The van der Waals surface area contributed by atoms with Crippen LogP contribution >= 0.6 is 11.6 Å². The lowest BCUT2D eigenvalue weighted by atomic mass is 10.0. The van der Waals surface area contributed by atoms with Gasteiger partial charge in [0.2, 0.25) is 0 Å². The molecule has 0 spiro atoms. The Morgan fingerprint density at radius 1 is 1.13 bits per heavy atom. The predicted molar refractivity (Wildman–Crippen MR) is 65.5 cm³/mol. The first-order chi connectivity index (χ1) is 7.16. The maximum absolute atomic E-state index is 9.10. The minimum atomic E-state index is -0.507. The molecule has 2 nitrogen and oxygen atoms in total. The van der Waals surface area contributed by atoms with Gasteiger partial charge in [0.15, 0.2) is 0 Å². The molecule has 1 atom stereocenters. The van der Waals surface area contributed by atoms with Crippen molar-refractivity contribution in [1.82, 2.24) is 0 Å². The Morgan fingerprint density at radius 2 is 1.80 bits per heavy atom. The lowest BCUT2D eigenvalue weighted by Gasteiger charge is -2.08. The Kier molecular flexibility index (Phi) is 10.9. The molecule has 15 heavy (non-hydrogen) atoms. The number of hydrogen-bond donors (Lipinski definition) is 1. The number of halogens is 1. The molecule has 3 heteroatoms. The van der Waals surface area contributed by atoms with Crippen LogP contribution in [0.25, 0.3) is 0 Å². The van der Waals surface area contributed by atoms with E-state index >= 15 is 0 Å². The summed E-state index contributed by atoms with van der Waals surface area (Å²) in [5.41, 5.74) is 0. The van der Waals surface area contributed by atoms with Gasteiger partial charge in [-0.2, -0.15) is 0 Å². The third kappa shape index (κ3) is 12.1. The molecule has 0 saturated carbocycles. The minimum Gasteiger partial charge on any atom is -0.389 e. The molecule has 1 N–H and O–H groups in total. The van der Waals surface area contributed by atoms with Crippen LogP contribution in [0.15, 0.2) is 0 Å². The van der Waals surface area contributed by atoms with E-state index in [9.17, 15) is 0 Å². The van der Waals surface area contributed by atoms with Crippen molar-refractivity contribution in [2.75, 3.05) is 19.1 Å². The topological polar surface area (TPSA) is 29.5 Å². The summed E-state index contributed by atoms with van der Waals surface area (Å²) in [6.07, 6.45) is 5.75. The number of aliphatic hydroxyl groups is 1. The van der Waals surface area contributed by atoms with Crippen LogP contribution in [0, 0.1) is 5.92 Å². The van der Waals surface area contributed by atoms with Crippen molar-refractivity contribution in [3.05, 3.63) is 0 Å². The van der Waals surface area contributed by atoms with E-state index in [1.807, 2.05) is 0 Å². The van der Waals surface area contributed by atoms with Crippen molar-refractivity contribution >= 4 is 11.6 Å². The van der Waals surface area contributed by atoms with Gasteiger partial charge < -0.3 is 9.84 Å². The summed E-state index contributed by atoms with van der Waals surface area (Å²) in [5, 5.41) is 9.10. The van der Waals surface area contributed by atoms with Crippen molar-refractivity contribution in [3.8, 4) is 0 Å². The molecule has 0 aliphatic heterocycles. The number of hydrogen-bond acceptors (Lipinski definition) is 2. The van der Waals surface area contributed by atoms with E-state index in [-0.39, 0.29) is 5.88 Å². The molecular formula is C12H25ClO2. The van der Waals surface area contributed by atoms with E-state index in [0.29, 0.717) is 6.61 Å². The second kappa shape index (κ2) is 10.7. The van der Waals surface area contributed by atoms with Crippen LogP contribution in [0.2, 0.25) is 0 Å². The first-order valence-corrected chi connectivity index (χ1v) is 6.52. The first kappa shape index (κ1) is 15.2. The van der Waals surface area contributed by atoms with Gasteiger partial charge in [-0.3, -0.25) is 0 Å². The van der Waals surface area contributed by atoms with E-state index in [1.54, 1.807) is 0 Å².